The molecule has 0 N–H and O–H groups in total. The summed E-state index contributed by atoms with van der Waals surface area (Å²) in [6.07, 6.45) is 0. The highest BCUT2D eigenvalue weighted by Crippen LogP contribution is 2.19. The Bertz CT molecular complexity index is 639. The minimum absolute atomic E-state index is 0.0213. The molecule has 136 valence electrons. The topological polar surface area (TPSA) is 70.2 Å². The van der Waals surface area contributed by atoms with Crippen LogP contribution < -0.4 is 4.74 Å². The average molecular weight is 347 g/mol. The normalized spacial score (nSPS) is 14.2. The number of carbonyl (C=O) groups excluding carboxylic acids is 3. The summed E-state index contributed by atoms with van der Waals surface area (Å²) >= 11 is 0. The lowest BCUT2D eigenvalue weighted by atomic mass is 10.2. The van der Waals surface area contributed by atoms with E-state index in [9.17, 15) is 14.4 Å². The molecule has 1 aromatic rings. The zero-order valence-electron chi connectivity index (χ0n) is 15.0. The first-order chi connectivity index (χ1) is 11.9. The maximum Gasteiger partial charge on any atom is 0.242 e. The van der Waals surface area contributed by atoms with Crippen LogP contribution >= 0.6 is 0 Å². The number of benzene rings is 1. The van der Waals surface area contributed by atoms with Crippen LogP contribution in [0.4, 0.5) is 0 Å². The molecule has 0 bridgehead atoms. The molecular weight excluding hydrogens is 322 g/mol. The lowest BCUT2D eigenvalue weighted by Crippen LogP contribution is -2.52. The van der Waals surface area contributed by atoms with Crippen LogP contribution in [0.15, 0.2) is 24.3 Å². The smallest absolute Gasteiger partial charge is 0.242 e. The summed E-state index contributed by atoms with van der Waals surface area (Å²) in [6.45, 7) is 5.39. The van der Waals surface area contributed by atoms with Crippen molar-refractivity contribution in [3.63, 3.8) is 0 Å². The van der Waals surface area contributed by atoms with Crippen LogP contribution in [-0.4, -0.2) is 72.3 Å². The first-order valence-electron chi connectivity index (χ1n) is 8.33. The highest BCUT2D eigenvalue weighted by Gasteiger charge is 2.24. The largest absolute Gasteiger partial charge is 0.496 e. The van der Waals surface area contributed by atoms with Gasteiger partial charge in [0.15, 0.2) is 0 Å². The van der Waals surface area contributed by atoms with Gasteiger partial charge in [0, 0.05) is 52.1 Å². The van der Waals surface area contributed by atoms with Gasteiger partial charge in [-0.1, -0.05) is 18.2 Å². The van der Waals surface area contributed by atoms with Gasteiger partial charge in [0.05, 0.1) is 7.11 Å². The van der Waals surface area contributed by atoms with Gasteiger partial charge in [-0.3, -0.25) is 14.4 Å². The van der Waals surface area contributed by atoms with E-state index >= 15 is 0 Å². The van der Waals surface area contributed by atoms with Gasteiger partial charge in [0.1, 0.15) is 12.3 Å². The molecule has 0 spiro atoms. The Labute approximate surface area is 148 Å². The number of para-hydroxylation sites is 1. The second-order valence-corrected chi connectivity index (χ2v) is 6.07. The summed E-state index contributed by atoms with van der Waals surface area (Å²) in [4.78, 5) is 40.8. The van der Waals surface area contributed by atoms with Gasteiger partial charge in [0.2, 0.25) is 17.7 Å². The van der Waals surface area contributed by atoms with E-state index in [1.807, 2.05) is 24.3 Å². The molecule has 0 atom stereocenters. The predicted octanol–water partition coefficient (Wildman–Crippen LogP) is 0.734. The SMILES string of the molecule is COc1ccccc1CN(CC(=O)N1CCN(C(C)=O)CC1)C(C)=O. The second-order valence-electron chi connectivity index (χ2n) is 6.07. The summed E-state index contributed by atoms with van der Waals surface area (Å²) in [5.41, 5.74) is 0.856. The third kappa shape index (κ3) is 4.95. The van der Waals surface area contributed by atoms with E-state index < -0.39 is 0 Å². The fourth-order valence-corrected chi connectivity index (χ4v) is 2.85. The van der Waals surface area contributed by atoms with Crippen molar-refractivity contribution in [2.45, 2.75) is 20.4 Å². The summed E-state index contributed by atoms with van der Waals surface area (Å²) in [5, 5.41) is 0. The maximum absolute atomic E-state index is 12.5. The Balaban J connectivity index is 1.98. The standard InChI is InChI=1S/C18H25N3O4/c1-14(22)19-8-10-20(11-9-19)18(24)13-21(15(2)23)12-16-6-4-5-7-17(16)25-3/h4-7H,8-13H2,1-3H3. The maximum atomic E-state index is 12.5. The van der Waals surface area contributed by atoms with Gasteiger partial charge >= 0.3 is 0 Å². The second kappa shape index (κ2) is 8.50. The molecule has 7 nitrogen and oxygen atoms in total. The van der Waals surface area contributed by atoms with Crippen LogP contribution in [0.5, 0.6) is 5.75 Å². The van der Waals surface area contributed by atoms with Crippen LogP contribution in [0.3, 0.4) is 0 Å². The zero-order valence-corrected chi connectivity index (χ0v) is 15.0. The molecular formula is C18H25N3O4. The quantitative estimate of drug-likeness (QED) is 0.788. The third-order valence-electron chi connectivity index (χ3n) is 4.40. The van der Waals surface area contributed by atoms with Crippen molar-refractivity contribution in [1.29, 1.82) is 0 Å². The Kier molecular flexibility index (Phi) is 6.38. The molecule has 1 aliphatic rings. The summed E-state index contributed by atoms with van der Waals surface area (Å²) in [7, 11) is 1.58. The number of methoxy groups -OCH3 is 1. The Morgan fingerprint density at radius 3 is 2.20 bits per heavy atom. The minimum atomic E-state index is -0.165. The number of carbonyl (C=O) groups is 3. The molecule has 0 unspecified atom stereocenters. The first-order valence-corrected chi connectivity index (χ1v) is 8.33. The molecule has 1 aromatic carbocycles. The van der Waals surface area contributed by atoms with E-state index in [-0.39, 0.29) is 24.3 Å². The number of hydrogen-bond donors (Lipinski definition) is 0. The van der Waals surface area contributed by atoms with Gasteiger partial charge in [0.25, 0.3) is 0 Å². The zero-order chi connectivity index (χ0) is 18.4. The molecule has 1 heterocycles. The van der Waals surface area contributed by atoms with Crippen molar-refractivity contribution in [3.05, 3.63) is 29.8 Å². The molecule has 0 aliphatic carbocycles. The van der Waals surface area contributed by atoms with Gasteiger partial charge in [-0.05, 0) is 6.07 Å². The summed E-state index contributed by atoms with van der Waals surface area (Å²) in [5.74, 6) is 0.444. The monoisotopic (exact) mass is 347 g/mol. The highest BCUT2D eigenvalue weighted by atomic mass is 16.5. The first kappa shape index (κ1) is 18.8. The molecule has 2 rings (SSSR count). The number of hydrogen-bond acceptors (Lipinski definition) is 4. The van der Waals surface area contributed by atoms with E-state index in [1.54, 1.807) is 16.9 Å². The van der Waals surface area contributed by atoms with E-state index in [1.165, 1.54) is 18.7 Å². The van der Waals surface area contributed by atoms with Gasteiger partial charge in [-0.15, -0.1) is 0 Å². The predicted molar refractivity (Wildman–Crippen MR) is 92.9 cm³/mol. The van der Waals surface area contributed by atoms with E-state index in [2.05, 4.69) is 0 Å². The third-order valence-corrected chi connectivity index (χ3v) is 4.40. The number of piperazine rings is 1. The molecule has 7 heteroatoms. The molecule has 0 radical (unpaired) electrons. The Morgan fingerprint density at radius 2 is 1.64 bits per heavy atom. The van der Waals surface area contributed by atoms with Gasteiger partial charge < -0.3 is 19.4 Å². The highest BCUT2D eigenvalue weighted by molar-refractivity contribution is 5.84. The van der Waals surface area contributed by atoms with E-state index in [4.69, 9.17) is 4.74 Å². The van der Waals surface area contributed by atoms with E-state index in [0.717, 1.165) is 5.56 Å². The van der Waals surface area contributed by atoms with Crippen molar-refractivity contribution in [3.8, 4) is 5.75 Å². The average Bonchev–Trinajstić information content (AvgIpc) is 2.61. The Morgan fingerprint density at radius 1 is 1.04 bits per heavy atom. The molecule has 0 aromatic heterocycles. The summed E-state index contributed by atoms with van der Waals surface area (Å²) in [6, 6.07) is 7.44. The van der Waals surface area contributed by atoms with Crippen LogP contribution in [-0.2, 0) is 20.9 Å². The number of nitrogens with zero attached hydrogens (tertiary/aromatic N) is 3. The molecule has 0 saturated carbocycles. The number of amides is 3. The lowest BCUT2D eigenvalue weighted by molar-refractivity contribution is -0.142. The van der Waals surface area contributed by atoms with E-state index in [0.29, 0.717) is 38.5 Å². The molecule has 1 aliphatic heterocycles. The van der Waals surface area contributed by atoms with Crippen LogP contribution in [0.2, 0.25) is 0 Å². The van der Waals surface area contributed by atoms with Gasteiger partial charge in [-0.25, -0.2) is 0 Å². The fraction of sp³-hybridized carbons (Fsp3) is 0.500. The van der Waals surface area contributed by atoms with Crippen molar-refractivity contribution >= 4 is 17.7 Å². The van der Waals surface area contributed by atoms with Crippen molar-refractivity contribution in [1.82, 2.24) is 14.7 Å². The molecule has 1 saturated heterocycles. The minimum Gasteiger partial charge on any atom is -0.496 e. The fourth-order valence-electron chi connectivity index (χ4n) is 2.85. The lowest BCUT2D eigenvalue weighted by Gasteiger charge is -2.35. The summed E-state index contributed by atoms with van der Waals surface area (Å²) < 4.78 is 5.31. The number of ether oxygens (including phenoxy) is 1. The van der Waals surface area contributed by atoms with Crippen molar-refractivity contribution in [2.75, 3.05) is 39.8 Å². The number of rotatable bonds is 5. The van der Waals surface area contributed by atoms with Crippen molar-refractivity contribution in [2.24, 2.45) is 0 Å². The van der Waals surface area contributed by atoms with Gasteiger partial charge in [-0.2, -0.15) is 0 Å². The van der Waals surface area contributed by atoms with Crippen LogP contribution in [0.25, 0.3) is 0 Å². The molecule has 3 amide bonds. The van der Waals surface area contributed by atoms with Crippen LogP contribution in [0, 0.1) is 0 Å². The Hall–Kier alpha value is -2.57. The molecule has 1 fully saturated rings. The van der Waals surface area contributed by atoms with Crippen molar-refractivity contribution < 1.29 is 19.1 Å². The van der Waals surface area contributed by atoms with Crippen LogP contribution in [0.1, 0.15) is 19.4 Å². The molecule has 25 heavy (non-hydrogen) atoms.